The lowest BCUT2D eigenvalue weighted by Crippen LogP contribution is -2.41. The van der Waals surface area contributed by atoms with Gasteiger partial charge < -0.3 is 10.1 Å². The minimum Gasteiger partial charge on any atom is -0.457 e. The molecule has 1 saturated carbocycles. The van der Waals surface area contributed by atoms with Gasteiger partial charge in [0.1, 0.15) is 23.1 Å². The van der Waals surface area contributed by atoms with Gasteiger partial charge in [-0.2, -0.15) is 5.26 Å². The van der Waals surface area contributed by atoms with E-state index < -0.39 is 0 Å². The first-order chi connectivity index (χ1) is 13.5. The molecule has 1 aliphatic carbocycles. The second-order valence-electron chi connectivity index (χ2n) is 7.14. The second kappa shape index (κ2) is 9.43. The highest BCUT2D eigenvalue weighted by molar-refractivity contribution is 6.30. The maximum atomic E-state index is 12.6. The number of hydrogen-bond donors (Lipinski definition) is 1. The Morgan fingerprint density at radius 2 is 1.93 bits per heavy atom. The van der Waals surface area contributed by atoms with Crippen LogP contribution in [0.15, 0.2) is 54.1 Å². The first-order valence-corrected chi connectivity index (χ1v) is 9.89. The summed E-state index contributed by atoms with van der Waals surface area (Å²) in [7, 11) is 0. The second-order valence-corrected chi connectivity index (χ2v) is 7.58. The van der Waals surface area contributed by atoms with Crippen LogP contribution in [-0.4, -0.2) is 11.9 Å². The van der Waals surface area contributed by atoms with E-state index in [4.69, 9.17) is 16.3 Å². The fourth-order valence-electron chi connectivity index (χ4n) is 3.40. The highest BCUT2D eigenvalue weighted by Gasteiger charge is 2.24. The number of benzene rings is 2. The summed E-state index contributed by atoms with van der Waals surface area (Å²) in [5.74, 6) is 1.41. The zero-order valence-electron chi connectivity index (χ0n) is 15.8. The van der Waals surface area contributed by atoms with Crippen LogP contribution >= 0.6 is 11.6 Å². The molecule has 0 heterocycles. The van der Waals surface area contributed by atoms with Gasteiger partial charge in [-0.1, -0.05) is 43.5 Å². The number of amides is 1. The molecule has 144 valence electrons. The number of nitrogens with one attached hydrogen (secondary N) is 1. The third-order valence-electron chi connectivity index (χ3n) is 5.01. The Hall–Kier alpha value is -2.77. The first kappa shape index (κ1) is 20.0. The lowest BCUT2D eigenvalue weighted by Gasteiger charge is -2.29. The molecule has 3 rings (SSSR count). The summed E-state index contributed by atoms with van der Waals surface area (Å²) in [5, 5.41) is 13.1. The molecule has 0 bridgehead atoms. The zero-order valence-corrected chi connectivity index (χ0v) is 16.6. The Labute approximate surface area is 170 Å². The molecular formula is C23H23ClN2O2. The average Bonchev–Trinajstić information content (AvgIpc) is 2.70. The third kappa shape index (κ3) is 5.37. The Balaban J connectivity index is 1.72. The third-order valence-corrected chi connectivity index (χ3v) is 5.26. The highest BCUT2D eigenvalue weighted by atomic mass is 35.5. The number of halogens is 1. The van der Waals surface area contributed by atoms with Gasteiger partial charge in [-0.15, -0.1) is 0 Å². The van der Waals surface area contributed by atoms with Crippen molar-refractivity contribution in [3.8, 4) is 17.6 Å². The van der Waals surface area contributed by atoms with E-state index in [2.05, 4.69) is 12.2 Å². The van der Waals surface area contributed by atoms with Crippen molar-refractivity contribution >= 4 is 23.6 Å². The summed E-state index contributed by atoms with van der Waals surface area (Å²) in [6.45, 7) is 2.15. The maximum absolute atomic E-state index is 12.6. The van der Waals surface area contributed by atoms with Gasteiger partial charge in [-0.05, 0) is 66.8 Å². The van der Waals surface area contributed by atoms with Crippen LogP contribution in [0.1, 0.15) is 38.2 Å². The molecule has 0 saturated heterocycles. The number of rotatable bonds is 5. The molecule has 28 heavy (non-hydrogen) atoms. The van der Waals surface area contributed by atoms with E-state index in [9.17, 15) is 10.1 Å². The number of hydrogen-bond acceptors (Lipinski definition) is 3. The maximum Gasteiger partial charge on any atom is 0.262 e. The van der Waals surface area contributed by atoms with Gasteiger partial charge in [0.15, 0.2) is 0 Å². The smallest absolute Gasteiger partial charge is 0.262 e. The van der Waals surface area contributed by atoms with E-state index in [1.165, 1.54) is 6.42 Å². The summed E-state index contributed by atoms with van der Waals surface area (Å²) < 4.78 is 5.81. The van der Waals surface area contributed by atoms with Gasteiger partial charge in [0, 0.05) is 11.1 Å². The van der Waals surface area contributed by atoms with Crippen molar-refractivity contribution in [3.63, 3.8) is 0 Å². The fourth-order valence-corrected chi connectivity index (χ4v) is 3.52. The fraction of sp³-hybridized carbons (Fsp3) is 0.304. The van der Waals surface area contributed by atoms with Crippen molar-refractivity contribution in [2.45, 2.75) is 38.6 Å². The molecule has 0 aromatic heterocycles. The van der Waals surface area contributed by atoms with Crippen molar-refractivity contribution in [3.05, 3.63) is 64.7 Å². The number of ether oxygens (including phenoxy) is 1. The lowest BCUT2D eigenvalue weighted by molar-refractivity contribution is -0.118. The molecule has 2 aromatic carbocycles. The Kier molecular flexibility index (Phi) is 6.73. The largest absolute Gasteiger partial charge is 0.457 e. The Morgan fingerprint density at radius 3 is 2.64 bits per heavy atom. The van der Waals surface area contributed by atoms with Crippen LogP contribution in [0.25, 0.3) is 6.08 Å². The van der Waals surface area contributed by atoms with E-state index in [0.29, 0.717) is 22.4 Å². The topological polar surface area (TPSA) is 62.1 Å². The van der Waals surface area contributed by atoms with Crippen LogP contribution in [0.2, 0.25) is 5.02 Å². The van der Waals surface area contributed by atoms with Gasteiger partial charge in [0.05, 0.1) is 0 Å². The molecule has 5 heteroatoms. The summed E-state index contributed by atoms with van der Waals surface area (Å²) in [5.41, 5.74) is 0.830. The SMILES string of the molecule is C[C@H]1CCCC[C@H]1NC(=O)/C(C#N)=C/c1cccc(Oc2ccc(Cl)cc2)c1. The molecular weight excluding hydrogens is 372 g/mol. The standard InChI is InChI=1S/C23H23ClN2O2/c1-16-5-2-3-8-22(16)26-23(27)18(15-25)13-17-6-4-7-21(14-17)28-20-11-9-19(24)10-12-20/h4,6-7,9-14,16,22H,2-3,5,8H2,1H3,(H,26,27)/b18-13+/t16-,22+/m0/s1. The van der Waals surface area contributed by atoms with Gasteiger partial charge >= 0.3 is 0 Å². The van der Waals surface area contributed by atoms with Gasteiger partial charge in [-0.3, -0.25) is 4.79 Å². The van der Waals surface area contributed by atoms with Crippen LogP contribution in [0.3, 0.4) is 0 Å². The molecule has 1 amide bonds. The molecule has 4 nitrogen and oxygen atoms in total. The number of nitrogens with zero attached hydrogens (tertiary/aromatic N) is 1. The van der Waals surface area contributed by atoms with E-state index in [1.54, 1.807) is 36.4 Å². The number of carbonyl (C=O) groups is 1. The van der Waals surface area contributed by atoms with E-state index in [-0.39, 0.29) is 17.5 Å². The normalized spacial score (nSPS) is 19.5. The minimum absolute atomic E-state index is 0.0985. The highest BCUT2D eigenvalue weighted by Crippen LogP contribution is 2.26. The van der Waals surface area contributed by atoms with Gasteiger partial charge in [0.25, 0.3) is 5.91 Å². The van der Waals surface area contributed by atoms with Crippen LogP contribution in [-0.2, 0) is 4.79 Å². The summed E-state index contributed by atoms with van der Waals surface area (Å²) in [6, 6.07) is 16.5. The summed E-state index contributed by atoms with van der Waals surface area (Å²) in [4.78, 5) is 12.6. The number of nitriles is 1. The van der Waals surface area contributed by atoms with Crippen molar-refractivity contribution < 1.29 is 9.53 Å². The van der Waals surface area contributed by atoms with Gasteiger partial charge in [-0.25, -0.2) is 0 Å². The average molecular weight is 395 g/mol. The molecule has 2 aromatic rings. The summed E-state index contributed by atoms with van der Waals surface area (Å²) >= 11 is 5.89. The Bertz CT molecular complexity index is 900. The molecule has 2 atom stereocenters. The molecule has 0 spiro atoms. The minimum atomic E-state index is -0.315. The predicted octanol–water partition coefficient (Wildman–Crippen LogP) is 5.73. The molecule has 1 N–H and O–H groups in total. The van der Waals surface area contributed by atoms with Crippen molar-refractivity contribution in [2.24, 2.45) is 5.92 Å². The van der Waals surface area contributed by atoms with Crippen LogP contribution < -0.4 is 10.1 Å². The molecule has 1 fully saturated rings. The predicted molar refractivity (Wildman–Crippen MR) is 111 cm³/mol. The first-order valence-electron chi connectivity index (χ1n) is 9.51. The van der Waals surface area contributed by atoms with Crippen molar-refractivity contribution in [1.82, 2.24) is 5.32 Å². The molecule has 0 unspecified atom stereocenters. The van der Waals surface area contributed by atoms with Crippen LogP contribution in [0, 0.1) is 17.2 Å². The van der Waals surface area contributed by atoms with Gasteiger partial charge in [0.2, 0.25) is 0 Å². The lowest BCUT2D eigenvalue weighted by atomic mass is 9.86. The van der Waals surface area contributed by atoms with E-state index in [0.717, 1.165) is 24.8 Å². The zero-order chi connectivity index (χ0) is 19.9. The quantitative estimate of drug-likeness (QED) is 0.520. The molecule has 0 radical (unpaired) electrons. The van der Waals surface area contributed by atoms with Crippen molar-refractivity contribution in [1.29, 1.82) is 5.26 Å². The molecule has 0 aliphatic heterocycles. The van der Waals surface area contributed by atoms with E-state index >= 15 is 0 Å². The molecule has 1 aliphatic rings. The monoisotopic (exact) mass is 394 g/mol. The van der Waals surface area contributed by atoms with Crippen LogP contribution in [0.4, 0.5) is 0 Å². The van der Waals surface area contributed by atoms with Crippen molar-refractivity contribution in [2.75, 3.05) is 0 Å². The number of carbonyl (C=O) groups excluding carboxylic acids is 1. The Morgan fingerprint density at radius 1 is 1.18 bits per heavy atom. The van der Waals surface area contributed by atoms with E-state index in [1.807, 2.05) is 24.3 Å². The summed E-state index contributed by atoms with van der Waals surface area (Å²) in [6.07, 6.45) is 5.99. The van der Waals surface area contributed by atoms with Crippen LogP contribution in [0.5, 0.6) is 11.5 Å².